The highest BCUT2D eigenvalue weighted by Crippen LogP contribution is 2.52. The summed E-state index contributed by atoms with van der Waals surface area (Å²) in [6, 6.07) is 12.3. The number of hydrogen-bond acceptors (Lipinski definition) is 2. The largest absolute Gasteiger partial charge is 0.497 e. The molecule has 0 saturated heterocycles. The maximum absolute atomic E-state index is 6.47. The molecule has 1 heterocycles. The zero-order chi connectivity index (χ0) is 16.0. The van der Waals surface area contributed by atoms with Gasteiger partial charge in [-0.25, -0.2) is 0 Å². The van der Waals surface area contributed by atoms with E-state index in [2.05, 4.69) is 29.6 Å². The van der Waals surface area contributed by atoms with Gasteiger partial charge in [0.2, 0.25) is 0 Å². The first-order chi connectivity index (χ1) is 11.2. The molecule has 2 aromatic carbocycles. The van der Waals surface area contributed by atoms with E-state index in [1.807, 2.05) is 24.3 Å². The lowest BCUT2D eigenvalue weighted by Gasteiger charge is -2.38. The van der Waals surface area contributed by atoms with Gasteiger partial charge in [-0.2, -0.15) is 0 Å². The average Bonchev–Trinajstić information content (AvgIpc) is 3.03. The Morgan fingerprint density at radius 2 is 1.91 bits per heavy atom. The number of halogens is 2. The zero-order valence-electron chi connectivity index (χ0n) is 12.7. The molecule has 0 bridgehead atoms. The molecule has 4 rings (SSSR count). The first kappa shape index (κ1) is 14.9. The van der Waals surface area contributed by atoms with Crippen molar-refractivity contribution in [1.82, 2.24) is 0 Å². The minimum Gasteiger partial charge on any atom is -0.497 e. The van der Waals surface area contributed by atoms with Crippen LogP contribution in [0, 0.1) is 5.92 Å². The third-order valence-corrected chi connectivity index (χ3v) is 5.39. The predicted molar refractivity (Wildman–Crippen MR) is 95.8 cm³/mol. The van der Waals surface area contributed by atoms with Crippen molar-refractivity contribution in [2.45, 2.75) is 18.4 Å². The topological polar surface area (TPSA) is 21.3 Å². The molecule has 1 aliphatic carbocycles. The number of anilines is 1. The SMILES string of the molecule is COc1ccc(C2Nc3cc(Cl)cc(Cl)c3C3C=CCC32)cc1. The normalized spacial score (nSPS) is 24.7. The van der Waals surface area contributed by atoms with Crippen LogP contribution in [0.2, 0.25) is 10.0 Å². The van der Waals surface area contributed by atoms with Gasteiger partial charge in [0.15, 0.2) is 0 Å². The van der Waals surface area contributed by atoms with Gasteiger partial charge in [-0.1, -0.05) is 47.5 Å². The molecule has 2 aromatic rings. The maximum atomic E-state index is 6.47. The Labute approximate surface area is 146 Å². The van der Waals surface area contributed by atoms with E-state index in [0.29, 0.717) is 16.9 Å². The summed E-state index contributed by atoms with van der Waals surface area (Å²) in [6.45, 7) is 0. The molecule has 118 valence electrons. The van der Waals surface area contributed by atoms with E-state index < -0.39 is 0 Å². The summed E-state index contributed by atoms with van der Waals surface area (Å²) >= 11 is 12.7. The van der Waals surface area contributed by atoms with Gasteiger partial charge in [-0.3, -0.25) is 0 Å². The van der Waals surface area contributed by atoms with E-state index in [-0.39, 0.29) is 6.04 Å². The van der Waals surface area contributed by atoms with Gasteiger partial charge in [-0.15, -0.1) is 0 Å². The number of rotatable bonds is 2. The highest BCUT2D eigenvalue weighted by atomic mass is 35.5. The third-order valence-electron chi connectivity index (χ3n) is 4.85. The van der Waals surface area contributed by atoms with E-state index in [1.54, 1.807) is 7.11 Å². The van der Waals surface area contributed by atoms with Gasteiger partial charge in [0, 0.05) is 27.2 Å². The lowest BCUT2D eigenvalue weighted by atomic mass is 9.77. The molecule has 2 nitrogen and oxygen atoms in total. The van der Waals surface area contributed by atoms with Crippen LogP contribution in [0.3, 0.4) is 0 Å². The monoisotopic (exact) mass is 345 g/mol. The van der Waals surface area contributed by atoms with Crippen molar-refractivity contribution < 1.29 is 4.74 Å². The van der Waals surface area contributed by atoms with Crippen molar-refractivity contribution in [1.29, 1.82) is 0 Å². The number of benzene rings is 2. The summed E-state index contributed by atoms with van der Waals surface area (Å²) in [5.74, 6) is 1.68. The van der Waals surface area contributed by atoms with Gasteiger partial charge in [-0.05, 0) is 42.2 Å². The Morgan fingerprint density at radius 1 is 1.13 bits per heavy atom. The summed E-state index contributed by atoms with van der Waals surface area (Å²) in [7, 11) is 1.69. The molecule has 2 aliphatic rings. The van der Waals surface area contributed by atoms with Crippen LogP contribution in [0.15, 0.2) is 48.6 Å². The second-order valence-corrected chi connectivity index (χ2v) is 6.94. The molecule has 3 unspecified atom stereocenters. The Bertz CT molecular complexity index is 770. The fraction of sp³-hybridized carbons (Fsp3) is 0.263. The summed E-state index contributed by atoms with van der Waals surface area (Å²) in [5, 5.41) is 5.06. The van der Waals surface area contributed by atoms with Crippen LogP contribution in [0.4, 0.5) is 5.69 Å². The average molecular weight is 346 g/mol. The molecule has 0 radical (unpaired) electrons. The standard InChI is InChI=1S/C19H17Cl2NO/c1-23-13-7-5-11(6-8-13)19-15-4-2-3-14(15)18-16(21)9-12(20)10-17(18)22-19/h2-3,5-10,14-15,19,22H,4H2,1H3. The molecule has 0 fully saturated rings. The van der Waals surface area contributed by atoms with Crippen LogP contribution in [-0.4, -0.2) is 7.11 Å². The number of methoxy groups -OCH3 is 1. The molecule has 1 aliphatic heterocycles. The van der Waals surface area contributed by atoms with E-state index >= 15 is 0 Å². The van der Waals surface area contributed by atoms with E-state index in [1.165, 1.54) is 11.1 Å². The van der Waals surface area contributed by atoms with Crippen molar-refractivity contribution in [2.24, 2.45) is 5.92 Å². The lowest BCUT2D eigenvalue weighted by molar-refractivity contribution is 0.411. The summed E-state index contributed by atoms with van der Waals surface area (Å²) in [4.78, 5) is 0. The fourth-order valence-corrected chi connectivity index (χ4v) is 4.40. The Hall–Kier alpha value is -1.64. The van der Waals surface area contributed by atoms with Crippen molar-refractivity contribution in [3.05, 3.63) is 69.7 Å². The lowest BCUT2D eigenvalue weighted by Crippen LogP contribution is -2.29. The third kappa shape index (κ3) is 2.50. The van der Waals surface area contributed by atoms with Crippen molar-refractivity contribution in [2.75, 3.05) is 12.4 Å². The molecule has 1 N–H and O–H groups in total. The van der Waals surface area contributed by atoms with Gasteiger partial charge in [0.25, 0.3) is 0 Å². The molecule has 3 atom stereocenters. The molecule has 0 aromatic heterocycles. The van der Waals surface area contributed by atoms with Crippen LogP contribution in [0.25, 0.3) is 0 Å². The Morgan fingerprint density at radius 3 is 2.65 bits per heavy atom. The Kier molecular flexibility index (Phi) is 3.74. The Balaban J connectivity index is 1.77. The number of ether oxygens (including phenoxy) is 1. The smallest absolute Gasteiger partial charge is 0.118 e. The minimum atomic E-state index is 0.239. The quantitative estimate of drug-likeness (QED) is 0.691. The first-order valence-electron chi connectivity index (χ1n) is 7.73. The van der Waals surface area contributed by atoms with Crippen LogP contribution < -0.4 is 10.1 Å². The first-order valence-corrected chi connectivity index (χ1v) is 8.49. The highest BCUT2D eigenvalue weighted by molar-refractivity contribution is 6.35. The van der Waals surface area contributed by atoms with E-state index in [0.717, 1.165) is 22.9 Å². The minimum absolute atomic E-state index is 0.239. The zero-order valence-corrected chi connectivity index (χ0v) is 14.2. The van der Waals surface area contributed by atoms with E-state index in [9.17, 15) is 0 Å². The second-order valence-electron chi connectivity index (χ2n) is 6.10. The maximum Gasteiger partial charge on any atom is 0.118 e. The molecule has 0 spiro atoms. The summed E-state index contributed by atoms with van der Waals surface area (Å²) in [5.41, 5.74) is 3.46. The molecule has 4 heteroatoms. The number of fused-ring (bicyclic) bond motifs is 3. The summed E-state index contributed by atoms with van der Waals surface area (Å²) < 4.78 is 5.26. The number of allylic oxidation sites excluding steroid dienone is 2. The van der Waals surface area contributed by atoms with Gasteiger partial charge in [0.05, 0.1) is 13.2 Å². The van der Waals surface area contributed by atoms with Crippen LogP contribution >= 0.6 is 23.2 Å². The van der Waals surface area contributed by atoms with Crippen LogP contribution in [-0.2, 0) is 0 Å². The molecular weight excluding hydrogens is 329 g/mol. The van der Waals surface area contributed by atoms with Crippen molar-refractivity contribution >= 4 is 28.9 Å². The van der Waals surface area contributed by atoms with Gasteiger partial charge < -0.3 is 10.1 Å². The van der Waals surface area contributed by atoms with Crippen molar-refractivity contribution in [3.63, 3.8) is 0 Å². The number of nitrogens with one attached hydrogen (secondary N) is 1. The predicted octanol–water partition coefficient (Wildman–Crippen LogP) is 5.83. The highest BCUT2D eigenvalue weighted by Gasteiger charge is 2.39. The van der Waals surface area contributed by atoms with Crippen molar-refractivity contribution in [3.8, 4) is 5.75 Å². The van der Waals surface area contributed by atoms with Gasteiger partial charge >= 0.3 is 0 Å². The molecule has 23 heavy (non-hydrogen) atoms. The molecular formula is C19H17Cl2NO. The van der Waals surface area contributed by atoms with Gasteiger partial charge in [0.1, 0.15) is 5.75 Å². The van der Waals surface area contributed by atoms with Crippen LogP contribution in [0.5, 0.6) is 5.75 Å². The molecule has 0 amide bonds. The fourth-order valence-electron chi connectivity index (χ4n) is 3.78. The number of hydrogen-bond donors (Lipinski definition) is 1. The molecule has 0 saturated carbocycles. The van der Waals surface area contributed by atoms with E-state index in [4.69, 9.17) is 27.9 Å². The second kappa shape index (κ2) is 5.77. The summed E-state index contributed by atoms with van der Waals surface area (Å²) in [6.07, 6.45) is 5.58. The van der Waals surface area contributed by atoms with Crippen LogP contribution in [0.1, 0.15) is 29.5 Å².